The zero-order chi connectivity index (χ0) is 12.5. The van der Waals surface area contributed by atoms with Gasteiger partial charge in [0.15, 0.2) is 0 Å². The number of benzene rings is 1. The molecule has 94 valence electrons. The fourth-order valence-electron chi connectivity index (χ4n) is 2.29. The molecule has 1 aromatic carbocycles. The Morgan fingerprint density at radius 3 is 2.88 bits per heavy atom. The molecule has 0 fully saturated rings. The van der Waals surface area contributed by atoms with Gasteiger partial charge in [-0.2, -0.15) is 0 Å². The molecule has 0 aliphatic carbocycles. The van der Waals surface area contributed by atoms with E-state index < -0.39 is 0 Å². The van der Waals surface area contributed by atoms with E-state index in [0.29, 0.717) is 6.04 Å². The van der Waals surface area contributed by atoms with E-state index in [-0.39, 0.29) is 5.41 Å². The molecule has 1 unspecified atom stereocenters. The van der Waals surface area contributed by atoms with Crippen LogP contribution in [-0.4, -0.2) is 13.2 Å². The van der Waals surface area contributed by atoms with E-state index in [1.165, 1.54) is 17.5 Å². The van der Waals surface area contributed by atoms with Gasteiger partial charge in [-0.25, -0.2) is 0 Å². The normalized spacial score (nSPS) is 18.6. The molecule has 2 rings (SSSR count). The number of rotatable bonds is 4. The molecule has 0 spiro atoms. The maximum absolute atomic E-state index is 5.71. The molecule has 0 amide bonds. The first-order valence-electron chi connectivity index (χ1n) is 6.55. The van der Waals surface area contributed by atoms with E-state index in [2.05, 4.69) is 51.2 Å². The quantitative estimate of drug-likeness (QED) is 0.860. The highest BCUT2D eigenvalue weighted by molar-refractivity contribution is 5.45. The lowest BCUT2D eigenvalue weighted by molar-refractivity contribution is 0.291. The standard InChI is InChI=1S/C15H23NO/c1-5-8-16-11(2)12-6-7-14-13(9-12)15(3,4)10-17-14/h6-7,9,11,16H,5,8,10H2,1-4H3. The SMILES string of the molecule is CCCNC(C)c1ccc2c(c1)C(C)(C)CO2. The maximum atomic E-state index is 5.71. The summed E-state index contributed by atoms with van der Waals surface area (Å²) in [6, 6.07) is 7.00. The van der Waals surface area contributed by atoms with Crippen LogP contribution in [-0.2, 0) is 5.41 Å². The molecule has 2 nitrogen and oxygen atoms in total. The second-order valence-electron chi connectivity index (χ2n) is 5.60. The fraction of sp³-hybridized carbons (Fsp3) is 0.600. The Hall–Kier alpha value is -1.02. The van der Waals surface area contributed by atoms with Crippen LogP contribution in [0.4, 0.5) is 0 Å². The van der Waals surface area contributed by atoms with Crippen LogP contribution in [0.3, 0.4) is 0 Å². The molecule has 1 heterocycles. The highest BCUT2D eigenvalue weighted by Gasteiger charge is 2.31. The van der Waals surface area contributed by atoms with E-state index in [4.69, 9.17) is 4.74 Å². The lowest BCUT2D eigenvalue weighted by atomic mass is 9.85. The first-order valence-corrected chi connectivity index (χ1v) is 6.55. The van der Waals surface area contributed by atoms with Crippen LogP contribution < -0.4 is 10.1 Å². The smallest absolute Gasteiger partial charge is 0.123 e. The third-order valence-electron chi connectivity index (χ3n) is 3.52. The van der Waals surface area contributed by atoms with Gasteiger partial charge in [0.05, 0.1) is 6.61 Å². The molecule has 1 aromatic rings. The highest BCUT2D eigenvalue weighted by Crippen LogP contribution is 2.39. The monoisotopic (exact) mass is 233 g/mol. The summed E-state index contributed by atoms with van der Waals surface area (Å²) >= 11 is 0. The van der Waals surface area contributed by atoms with Gasteiger partial charge in [-0.3, -0.25) is 0 Å². The molecule has 2 heteroatoms. The molecule has 0 aromatic heterocycles. The molecule has 17 heavy (non-hydrogen) atoms. The Labute approximate surface area is 104 Å². The maximum Gasteiger partial charge on any atom is 0.123 e. The minimum atomic E-state index is 0.149. The molecule has 0 saturated heterocycles. The van der Waals surface area contributed by atoms with E-state index in [0.717, 1.165) is 18.9 Å². The largest absolute Gasteiger partial charge is 0.492 e. The van der Waals surface area contributed by atoms with Crippen LogP contribution in [0, 0.1) is 0 Å². The van der Waals surface area contributed by atoms with E-state index in [1.807, 2.05) is 0 Å². The summed E-state index contributed by atoms with van der Waals surface area (Å²) in [5.41, 5.74) is 2.85. The minimum Gasteiger partial charge on any atom is -0.492 e. The Bertz CT molecular complexity index is 398. The van der Waals surface area contributed by atoms with Crippen molar-refractivity contribution < 1.29 is 4.74 Å². The zero-order valence-corrected chi connectivity index (χ0v) is 11.3. The Morgan fingerprint density at radius 1 is 1.41 bits per heavy atom. The fourth-order valence-corrected chi connectivity index (χ4v) is 2.29. The number of nitrogens with one attached hydrogen (secondary N) is 1. The highest BCUT2D eigenvalue weighted by atomic mass is 16.5. The van der Waals surface area contributed by atoms with Crippen molar-refractivity contribution in [2.24, 2.45) is 0 Å². The molecule has 1 aliphatic rings. The molecule has 0 saturated carbocycles. The van der Waals surface area contributed by atoms with E-state index in [9.17, 15) is 0 Å². The predicted molar refractivity (Wildman–Crippen MR) is 71.7 cm³/mol. The third-order valence-corrected chi connectivity index (χ3v) is 3.52. The molecule has 1 aliphatic heterocycles. The van der Waals surface area contributed by atoms with Crippen LogP contribution >= 0.6 is 0 Å². The Kier molecular flexibility index (Phi) is 3.43. The van der Waals surface area contributed by atoms with Crippen LogP contribution in [0.15, 0.2) is 18.2 Å². The second kappa shape index (κ2) is 4.69. The lowest BCUT2D eigenvalue weighted by Gasteiger charge is -2.18. The summed E-state index contributed by atoms with van der Waals surface area (Å²) in [4.78, 5) is 0. The molecular weight excluding hydrogens is 210 g/mol. The van der Waals surface area contributed by atoms with E-state index >= 15 is 0 Å². The summed E-state index contributed by atoms with van der Waals surface area (Å²) in [5, 5.41) is 3.53. The molecule has 0 radical (unpaired) electrons. The van der Waals surface area contributed by atoms with Crippen LogP contribution in [0.1, 0.15) is 51.3 Å². The summed E-state index contributed by atoms with van der Waals surface area (Å²) < 4.78 is 5.71. The Balaban J connectivity index is 2.21. The van der Waals surface area contributed by atoms with Crippen molar-refractivity contribution in [3.63, 3.8) is 0 Å². The van der Waals surface area contributed by atoms with Crippen molar-refractivity contribution in [1.29, 1.82) is 0 Å². The summed E-state index contributed by atoms with van der Waals surface area (Å²) in [5.74, 6) is 1.06. The molecular formula is C15H23NO. The molecule has 0 bridgehead atoms. The van der Waals surface area contributed by atoms with Crippen molar-refractivity contribution in [3.05, 3.63) is 29.3 Å². The topological polar surface area (TPSA) is 21.3 Å². The summed E-state index contributed by atoms with van der Waals surface area (Å²) in [6.45, 7) is 10.8. The van der Waals surface area contributed by atoms with Gasteiger partial charge in [-0.05, 0) is 37.6 Å². The zero-order valence-electron chi connectivity index (χ0n) is 11.3. The minimum absolute atomic E-state index is 0.149. The van der Waals surface area contributed by atoms with Gasteiger partial charge < -0.3 is 10.1 Å². The summed E-state index contributed by atoms with van der Waals surface area (Å²) in [7, 11) is 0. The van der Waals surface area contributed by atoms with Gasteiger partial charge in [0.1, 0.15) is 5.75 Å². The van der Waals surface area contributed by atoms with Crippen molar-refractivity contribution in [2.45, 2.75) is 45.6 Å². The third kappa shape index (κ3) is 2.47. The summed E-state index contributed by atoms with van der Waals surface area (Å²) in [6.07, 6.45) is 1.17. The first-order chi connectivity index (χ1) is 8.04. The van der Waals surface area contributed by atoms with Gasteiger partial charge in [-0.1, -0.05) is 26.8 Å². The van der Waals surface area contributed by atoms with Gasteiger partial charge in [0.2, 0.25) is 0 Å². The average Bonchev–Trinajstić information content (AvgIpc) is 2.62. The van der Waals surface area contributed by atoms with Crippen molar-refractivity contribution in [3.8, 4) is 5.75 Å². The van der Waals surface area contributed by atoms with Crippen molar-refractivity contribution in [1.82, 2.24) is 5.32 Å². The predicted octanol–water partition coefficient (Wildman–Crippen LogP) is 3.42. The lowest BCUT2D eigenvalue weighted by Crippen LogP contribution is -2.21. The molecule has 1 N–H and O–H groups in total. The number of hydrogen-bond acceptors (Lipinski definition) is 2. The van der Waals surface area contributed by atoms with Gasteiger partial charge in [0.25, 0.3) is 0 Å². The van der Waals surface area contributed by atoms with Crippen molar-refractivity contribution >= 4 is 0 Å². The number of ether oxygens (including phenoxy) is 1. The van der Waals surface area contributed by atoms with Gasteiger partial charge >= 0.3 is 0 Å². The Morgan fingerprint density at radius 2 is 2.18 bits per heavy atom. The average molecular weight is 233 g/mol. The van der Waals surface area contributed by atoms with Crippen molar-refractivity contribution in [2.75, 3.05) is 13.2 Å². The van der Waals surface area contributed by atoms with E-state index in [1.54, 1.807) is 0 Å². The number of hydrogen-bond donors (Lipinski definition) is 1. The number of fused-ring (bicyclic) bond motifs is 1. The van der Waals surface area contributed by atoms with Crippen LogP contribution in [0.2, 0.25) is 0 Å². The van der Waals surface area contributed by atoms with Crippen LogP contribution in [0.5, 0.6) is 5.75 Å². The molecule has 1 atom stereocenters. The van der Waals surface area contributed by atoms with Crippen LogP contribution in [0.25, 0.3) is 0 Å². The first kappa shape index (κ1) is 12.4. The van der Waals surface area contributed by atoms with Gasteiger partial charge in [-0.15, -0.1) is 0 Å². The van der Waals surface area contributed by atoms with Gasteiger partial charge in [0, 0.05) is 17.0 Å². The second-order valence-corrected chi connectivity index (χ2v) is 5.60.